The molecule has 0 bridgehead atoms. The Hall–Kier alpha value is -2.50. The van der Waals surface area contributed by atoms with Crippen molar-refractivity contribution in [2.24, 2.45) is 0 Å². The molecule has 6 nitrogen and oxygen atoms in total. The summed E-state index contributed by atoms with van der Waals surface area (Å²) in [6.45, 7) is 1.05. The Kier molecular flexibility index (Phi) is 2.83. The van der Waals surface area contributed by atoms with Crippen LogP contribution in [0.25, 0.3) is 0 Å². The number of pyridine rings is 1. The van der Waals surface area contributed by atoms with E-state index in [2.05, 4.69) is 15.0 Å². The molecule has 2 aromatic rings. The van der Waals surface area contributed by atoms with E-state index in [-0.39, 0.29) is 11.9 Å². The van der Waals surface area contributed by atoms with E-state index in [0.717, 1.165) is 16.8 Å². The highest BCUT2D eigenvalue weighted by Crippen LogP contribution is 2.21. The van der Waals surface area contributed by atoms with Gasteiger partial charge in [0.05, 0.1) is 18.7 Å². The normalized spacial score (nSPS) is 13.4. The first-order chi connectivity index (χ1) is 9.22. The summed E-state index contributed by atoms with van der Waals surface area (Å²) < 4.78 is 0. The lowest BCUT2D eigenvalue weighted by molar-refractivity contribution is -0.131. The maximum Gasteiger partial charge on any atom is 0.227 e. The molecule has 2 aromatic heterocycles. The number of fused-ring (bicyclic) bond motifs is 1. The van der Waals surface area contributed by atoms with Gasteiger partial charge in [0, 0.05) is 30.7 Å². The minimum atomic E-state index is 0.0598. The molecule has 1 amide bonds. The third-order valence-corrected chi connectivity index (χ3v) is 3.11. The Morgan fingerprint density at radius 1 is 1.37 bits per heavy atom. The third kappa shape index (κ3) is 2.37. The maximum absolute atomic E-state index is 12.2. The molecule has 1 aliphatic rings. The third-order valence-electron chi connectivity index (χ3n) is 3.11. The Morgan fingerprint density at radius 2 is 2.26 bits per heavy atom. The number of nitrogens with zero attached hydrogens (tertiary/aromatic N) is 4. The number of carbonyl (C=O) groups is 1. The van der Waals surface area contributed by atoms with Crippen LogP contribution in [0.15, 0.2) is 30.7 Å². The first-order valence-electron chi connectivity index (χ1n) is 5.99. The molecule has 3 heterocycles. The second-order valence-corrected chi connectivity index (χ2v) is 4.49. The zero-order chi connectivity index (χ0) is 13.2. The lowest BCUT2D eigenvalue weighted by Gasteiger charge is -2.14. The van der Waals surface area contributed by atoms with Gasteiger partial charge in [0.1, 0.15) is 0 Å². The summed E-state index contributed by atoms with van der Waals surface area (Å²) >= 11 is 0. The molecular weight excluding hydrogens is 242 g/mol. The second kappa shape index (κ2) is 4.64. The summed E-state index contributed by atoms with van der Waals surface area (Å²) in [4.78, 5) is 26.0. The number of hydrogen-bond acceptors (Lipinski definition) is 5. The van der Waals surface area contributed by atoms with Crippen LogP contribution in [0, 0.1) is 0 Å². The molecule has 1 aliphatic heterocycles. The van der Waals surface area contributed by atoms with Gasteiger partial charge in [0.2, 0.25) is 11.9 Å². The standard InChI is InChI=1S/C13H13N5O/c14-13-16-6-10-7-18(8-11(10)17-13)12(19)4-9-2-1-3-15-5-9/h1-3,5-6H,4,7-8H2,(H2,14,16,17). The highest BCUT2D eigenvalue weighted by Gasteiger charge is 2.24. The van der Waals surface area contributed by atoms with Crippen LogP contribution in [0.4, 0.5) is 5.95 Å². The van der Waals surface area contributed by atoms with E-state index in [0.29, 0.717) is 19.5 Å². The number of hydrogen-bond donors (Lipinski definition) is 1. The Morgan fingerprint density at radius 3 is 3.05 bits per heavy atom. The van der Waals surface area contributed by atoms with Crippen molar-refractivity contribution in [3.05, 3.63) is 47.5 Å². The fraction of sp³-hybridized carbons (Fsp3) is 0.231. The molecule has 0 aliphatic carbocycles. The van der Waals surface area contributed by atoms with Gasteiger partial charge < -0.3 is 10.6 Å². The van der Waals surface area contributed by atoms with Gasteiger partial charge in [-0.05, 0) is 11.6 Å². The lowest BCUT2D eigenvalue weighted by atomic mass is 10.2. The molecular formula is C13H13N5O. The zero-order valence-corrected chi connectivity index (χ0v) is 10.3. The van der Waals surface area contributed by atoms with E-state index in [9.17, 15) is 4.79 Å². The first-order valence-corrected chi connectivity index (χ1v) is 5.99. The van der Waals surface area contributed by atoms with Crippen LogP contribution in [0.2, 0.25) is 0 Å². The Balaban J connectivity index is 1.71. The molecule has 0 saturated carbocycles. The molecule has 96 valence electrons. The van der Waals surface area contributed by atoms with Gasteiger partial charge in [-0.2, -0.15) is 0 Å². The molecule has 0 spiro atoms. The minimum Gasteiger partial charge on any atom is -0.368 e. The molecule has 2 N–H and O–H groups in total. The summed E-state index contributed by atoms with van der Waals surface area (Å²) in [5, 5.41) is 0. The molecule has 6 heteroatoms. The summed E-state index contributed by atoms with van der Waals surface area (Å²) in [5.41, 5.74) is 8.26. The second-order valence-electron chi connectivity index (χ2n) is 4.49. The molecule has 0 fully saturated rings. The van der Waals surface area contributed by atoms with Gasteiger partial charge in [-0.3, -0.25) is 9.78 Å². The van der Waals surface area contributed by atoms with E-state index in [1.807, 2.05) is 12.1 Å². The van der Waals surface area contributed by atoms with Crippen molar-refractivity contribution in [1.82, 2.24) is 19.9 Å². The molecule has 0 atom stereocenters. The number of rotatable bonds is 2. The lowest BCUT2D eigenvalue weighted by Crippen LogP contribution is -2.27. The summed E-state index contributed by atoms with van der Waals surface area (Å²) in [6, 6.07) is 3.72. The first kappa shape index (κ1) is 11.6. The van der Waals surface area contributed by atoms with Crippen molar-refractivity contribution >= 4 is 11.9 Å². The molecule has 19 heavy (non-hydrogen) atoms. The summed E-state index contributed by atoms with van der Waals surface area (Å²) in [6.07, 6.45) is 5.44. The van der Waals surface area contributed by atoms with Crippen LogP contribution in [-0.2, 0) is 24.3 Å². The van der Waals surface area contributed by atoms with Crippen LogP contribution < -0.4 is 5.73 Å². The SMILES string of the molecule is Nc1ncc2c(n1)CN(C(=O)Cc1cccnc1)C2. The molecule has 0 saturated heterocycles. The van der Waals surface area contributed by atoms with E-state index >= 15 is 0 Å². The number of nitrogen functional groups attached to an aromatic ring is 1. The van der Waals surface area contributed by atoms with Crippen LogP contribution in [0.1, 0.15) is 16.8 Å². The Labute approximate surface area is 110 Å². The van der Waals surface area contributed by atoms with Crippen LogP contribution in [0.3, 0.4) is 0 Å². The van der Waals surface area contributed by atoms with Crippen molar-refractivity contribution in [3.63, 3.8) is 0 Å². The van der Waals surface area contributed by atoms with E-state index in [1.165, 1.54) is 0 Å². The quantitative estimate of drug-likeness (QED) is 0.846. The average Bonchev–Trinajstić information content (AvgIpc) is 2.83. The summed E-state index contributed by atoms with van der Waals surface area (Å²) in [7, 11) is 0. The van der Waals surface area contributed by atoms with Crippen molar-refractivity contribution in [3.8, 4) is 0 Å². The largest absolute Gasteiger partial charge is 0.368 e. The van der Waals surface area contributed by atoms with Crippen molar-refractivity contribution in [1.29, 1.82) is 0 Å². The topological polar surface area (TPSA) is 85.0 Å². The van der Waals surface area contributed by atoms with Crippen LogP contribution in [-0.4, -0.2) is 25.8 Å². The molecule has 3 rings (SSSR count). The fourth-order valence-corrected chi connectivity index (χ4v) is 2.13. The molecule has 0 unspecified atom stereocenters. The van der Waals surface area contributed by atoms with E-state index < -0.39 is 0 Å². The number of aromatic nitrogens is 3. The van der Waals surface area contributed by atoms with Crippen molar-refractivity contribution in [2.45, 2.75) is 19.5 Å². The van der Waals surface area contributed by atoms with Crippen LogP contribution >= 0.6 is 0 Å². The highest BCUT2D eigenvalue weighted by molar-refractivity contribution is 5.79. The van der Waals surface area contributed by atoms with Gasteiger partial charge in [0.25, 0.3) is 0 Å². The van der Waals surface area contributed by atoms with E-state index in [4.69, 9.17) is 5.73 Å². The van der Waals surface area contributed by atoms with E-state index in [1.54, 1.807) is 23.5 Å². The molecule has 0 aromatic carbocycles. The van der Waals surface area contributed by atoms with Gasteiger partial charge in [-0.25, -0.2) is 9.97 Å². The van der Waals surface area contributed by atoms with Crippen molar-refractivity contribution < 1.29 is 4.79 Å². The van der Waals surface area contributed by atoms with Gasteiger partial charge >= 0.3 is 0 Å². The molecule has 0 radical (unpaired) electrons. The predicted molar refractivity (Wildman–Crippen MR) is 68.6 cm³/mol. The van der Waals surface area contributed by atoms with Gasteiger partial charge in [0.15, 0.2) is 0 Å². The Bertz CT molecular complexity index is 614. The predicted octanol–water partition coefficient (Wildman–Crippen LogP) is 0.539. The van der Waals surface area contributed by atoms with Crippen LogP contribution in [0.5, 0.6) is 0 Å². The summed E-state index contributed by atoms with van der Waals surface area (Å²) in [5.74, 6) is 0.310. The fourth-order valence-electron chi connectivity index (χ4n) is 2.13. The number of amides is 1. The highest BCUT2D eigenvalue weighted by atomic mass is 16.2. The zero-order valence-electron chi connectivity index (χ0n) is 10.3. The van der Waals surface area contributed by atoms with Gasteiger partial charge in [-0.1, -0.05) is 6.07 Å². The average molecular weight is 255 g/mol. The number of carbonyl (C=O) groups excluding carboxylic acids is 1. The van der Waals surface area contributed by atoms with Crippen molar-refractivity contribution in [2.75, 3.05) is 5.73 Å². The maximum atomic E-state index is 12.2. The number of nitrogens with two attached hydrogens (primary N) is 1. The monoisotopic (exact) mass is 255 g/mol. The minimum absolute atomic E-state index is 0.0598. The van der Waals surface area contributed by atoms with Gasteiger partial charge in [-0.15, -0.1) is 0 Å². The smallest absolute Gasteiger partial charge is 0.227 e. The number of anilines is 1.